The van der Waals surface area contributed by atoms with Gasteiger partial charge in [-0.15, -0.1) is 11.3 Å². The van der Waals surface area contributed by atoms with Gasteiger partial charge in [0.25, 0.3) is 23.7 Å². The topological polar surface area (TPSA) is 156 Å². The number of nitrogens with zero attached hydrogens (tertiary/aromatic N) is 2. The van der Waals surface area contributed by atoms with Crippen molar-refractivity contribution in [2.24, 2.45) is 0 Å². The second-order valence-corrected chi connectivity index (χ2v) is 10.9. The number of ether oxygens (including phenoxy) is 3. The van der Waals surface area contributed by atoms with Gasteiger partial charge in [-0.05, 0) is 48.0 Å². The van der Waals surface area contributed by atoms with Crippen LogP contribution < -0.4 is 24.8 Å². The molecule has 3 aliphatic rings. The number of benzene rings is 3. The van der Waals surface area contributed by atoms with Gasteiger partial charge < -0.3 is 34.9 Å². The minimum atomic E-state index is -0.833. The summed E-state index contributed by atoms with van der Waals surface area (Å²) in [6, 6.07) is 17.1. The maximum atomic E-state index is 13.6. The number of amides is 3. The molecular weight excluding hydrogens is 588 g/mol. The fraction of sp³-hybridized carbons (Fsp3) is 0.258. The van der Waals surface area contributed by atoms with Crippen molar-refractivity contribution >= 4 is 45.2 Å². The summed E-state index contributed by atoms with van der Waals surface area (Å²) < 4.78 is 18.2. The van der Waals surface area contributed by atoms with Crippen LogP contribution in [0.5, 0.6) is 17.2 Å². The number of carboxylic acids is 1. The number of rotatable bonds is 2. The van der Waals surface area contributed by atoms with Crippen molar-refractivity contribution in [3.8, 4) is 17.2 Å². The lowest BCUT2D eigenvalue weighted by Crippen LogP contribution is -2.45. The van der Waals surface area contributed by atoms with Crippen LogP contribution in [0.3, 0.4) is 0 Å². The predicted molar refractivity (Wildman–Crippen MR) is 161 cm³/mol. The first-order valence-corrected chi connectivity index (χ1v) is 14.5. The van der Waals surface area contributed by atoms with Gasteiger partial charge >= 0.3 is 0 Å². The number of thiazole rings is 1. The van der Waals surface area contributed by atoms with Gasteiger partial charge in [0.15, 0.2) is 18.1 Å². The van der Waals surface area contributed by atoms with Crippen LogP contribution in [0.4, 0.5) is 0 Å². The SMILES string of the molecule is CC(=O)O.COc1ccc2cc1OCC(=O)NCc1ccc(cc1)O[C@H]1CN(C(=O)c3cccc4ncsc34)C[C@@H]1NC2=O. The lowest BCUT2D eigenvalue weighted by atomic mass is 10.1. The Balaban J connectivity index is 0.000000906. The molecule has 228 valence electrons. The molecule has 4 aromatic rings. The molecule has 7 rings (SSSR count). The van der Waals surface area contributed by atoms with E-state index in [0.29, 0.717) is 29.2 Å². The lowest BCUT2D eigenvalue weighted by molar-refractivity contribution is -0.134. The molecule has 12 nitrogen and oxygen atoms in total. The molecule has 3 N–H and O–H groups in total. The average molecular weight is 619 g/mol. The molecule has 1 fully saturated rings. The van der Waals surface area contributed by atoms with Crippen molar-refractivity contribution in [2.45, 2.75) is 25.6 Å². The van der Waals surface area contributed by atoms with Gasteiger partial charge in [0.1, 0.15) is 11.9 Å². The van der Waals surface area contributed by atoms with Crippen LogP contribution in [0.25, 0.3) is 10.2 Å². The molecule has 0 saturated carbocycles. The van der Waals surface area contributed by atoms with E-state index in [9.17, 15) is 14.4 Å². The quantitative estimate of drug-likeness (QED) is 0.307. The van der Waals surface area contributed by atoms with Gasteiger partial charge in [-0.1, -0.05) is 18.2 Å². The summed E-state index contributed by atoms with van der Waals surface area (Å²) in [5, 5.41) is 13.3. The molecule has 1 aromatic heterocycles. The van der Waals surface area contributed by atoms with Gasteiger partial charge in [0, 0.05) is 25.6 Å². The maximum absolute atomic E-state index is 13.6. The molecule has 3 aromatic carbocycles. The van der Waals surface area contributed by atoms with Crippen molar-refractivity contribution in [1.82, 2.24) is 20.5 Å². The molecule has 0 unspecified atom stereocenters. The van der Waals surface area contributed by atoms with E-state index in [0.717, 1.165) is 22.7 Å². The molecule has 0 aliphatic carbocycles. The normalized spacial score (nSPS) is 18.0. The largest absolute Gasteiger partial charge is 0.493 e. The fourth-order valence-electron chi connectivity index (χ4n) is 4.86. The zero-order valence-corrected chi connectivity index (χ0v) is 24.8. The summed E-state index contributed by atoms with van der Waals surface area (Å²) in [5.74, 6) is -0.393. The highest BCUT2D eigenvalue weighted by Crippen LogP contribution is 2.29. The molecule has 1 saturated heterocycles. The van der Waals surface area contributed by atoms with Crippen LogP contribution in [0.1, 0.15) is 33.2 Å². The first-order valence-electron chi connectivity index (χ1n) is 13.7. The van der Waals surface area contributed by atoms with E-state index in [1.54, 1.807) is 28.6 Å². The van der Waals surface area contributed by atoms with Gasteiger partial charge in [-0.2, -0.15) is 0 Å². The summed E-state index contributed by atoms with van der Waals surface area (Å²) in [6.07, 6.45) is -0.497. The number of hydrogen-bond donors (Lipinski definition) is 3. The van der Waals surface area contributed by atoms with Crippen molar-refractivity contribution in [1.29, 1.82) is 0 Å². The van der Waals surface area contributed by atoms with Gasteiger partial charge in [0.2, 0.25) is 0 Å². The molecule has 3 amide bonds. The molecule has 0 spiro atoms. The predicted octanol–water partition coefficient (Wildman–Crippen LogP) is 3.11. The third-order valence-corrected chi connectivity index (χ3v) is 7.82. The summed E-state index contributed by atoms with van der Waals surface area (Å²) in [7, 11) is 1.49. The average Bonchev–Trinajstić information content (AvgIpc) is 3.65. The van der Waals surface area contributed by atoms with E-state index in [1.807, 2.05) is 36.4 Å². The first-order chi connectivity index (χ1) is 21.2. The van der Waals surface area contributed by atoms with Crippen molar-refractivity contribution in [3.05, 3.63) is 82.9 Å². The Labute approximate surface area is 256 Å². The molecular formula is C31H30N4O8S. The van der Waals surface area contributed by atoms with Crippen molar-refractivity contribution < 1.29 is 38.5 Å². The highest BCUT2D eigenvalue weighted by atomic mass is 32.1. The molecule has 13 heteroatoms. The minimum absolute atomic E-state index is 0.145. The number of carboxylic acid groups (broad SMARTS) is 1. The number of carbonyl (C=O) groups is 4. The molecule has 44 heavy (non-hydrogen) atoms. The van der Waals surface area contributed by atoms with Crippen LogP contribution in [0.2, 0.25) is 0 Å². The second kappa shape index (κ2) is 13.4. The number of aromatic nitrogens is 1. The number of fused-ring (bicyclic) bond motifs is 8. The number of methoxy groups -OCH3 is 1. The molecule has 2 atom stereocenters. The van der Waals surface area contributed by atoms with Crippen LogP contribution in [-0.2, 0) is 16.1 Å². The van der Waals surface area contributed by atoms with E-state index in [1.165, 1.54) is 24.5 Å². The third kappa shape index (κ3) is 7.06. The van der Waals surface area contributed by atoms with E-state index in [4.69, 9.17) is 24.1 Å². The summed E-state index contributed by atoms with van der Waals surface area (Å²) in [5.41, 5.74) is 4.28. The Kier molecular flexibility index (Phi) is 9.24. The number of hydrogen-bond acceptors (Lipinski definition) is 9. The van der Waals surface area contributed by atoms with E-state index < -0.39 is 18.1 Å². The highest BCUT2D eigenvalue weighted by molar-refractivity contribution is 7.17. The zero-order chi connectivity index (χ0) is 31.2. The lowest BCUT2D eigenvalue weighted by Gasteiger charge is -2.21. The van der Waals surface area contributed by atoms with Gasteiger partial charge in [-0.3, -0.25) is 19.2 Å². The Morgan fingerprint density at radius 3 is 2.61 bits per heavy atom. The van der Waals surface area contributed by atoms with Gasteiger partial charge in [-0.25, -0.2) is 4.98 Å². The number of aliphatic carboxylic acids is 1. The fourth-order valence-corrected chi connectivity index (χ4v) is 5.66. The Bertz CT molecular complexity index is 1690. The summed E-state index contributed by atoms with van der Waals surface area (Å²) in [4.78, 5) is 54.4. The minimum Gasteiger partial charge on any atom is -0.493 e. The number of carbonyl (C=O) groups excluding carboxylic acids is 3. The van der Waals surface area contributed by atoms with Crippen LogP contribution in [0, 0.1) is 0 Å². The highest BCUT2D eigenvalue weighted by Gasteiger charge is 2.39. The molecule has 4 bridgehead atoms. The van der Waals surface area contributed by atoms with Crippen LogP contribution in [-0.4, -0.2) is 77.6 Å². The van der Waals surface area contributed by atoms with Crippen molar-refractivity contribution in [2.75, 3.05) is 26.8 Å². The Hall–Kier alpha value is -5.17. The Morgan fingerprint density at radius 2 is 1.86 bits per heavy atom. The standard InChI is InChI=1S/C29H26N4O6S.C2H4O2/c1-37-23-10-7-18-11-24(23)38-15-26(34)30-12-17-5-8-19(9-6-17)39-25-14-33(13-22(25)32-28(18)35)29(36)20-3-2-4-21-27(20)40-16-31-21;1-2(3)4/h2-11,16,22,25H,12-15H2,1H3,(H,30,34)(H,32,35);1H3,(H,3,4)/t22-,25-;/m0./s1. The number of likely N-dealkylation sites (tertiary alicyclic amines) is 1. The molecule has 3 aliphatic heterocycles. The summed E-state index contributed by atoms with van der Waals surface area (Å²) in [6.45, 7) is 1.71. The monoisotopic (exact) mass is 618 g/mol. The van der Waals surface area contributed by atoms with E-state index in [2.05, 4.69) is 15.6 Å². The number of nitrogens with one attached hydrogen (secondary N) is 2. The van der Waals surface area contributed by atoms with Crippen LogP contribution >= 0.6 is 11.3 Å². The second-order valence-electron chi connectivity index (χ2n) is 10.0. The molecule has 0 radical (unpaired) electrons. The van der Waals surface area contributed by atoms with Crippen LogP contribution in [0.15, 0.2) is 66.2 Å². The molecule has 4 heterocycles. The summed E-state index contributed by atoms with van der Waals surface area (Å²) >= 11 is 1.42. The van der Waals surface area contributed by atoms with E-state index >= 15 is 0 Å². The van der Waals surface area contributed by atoms with Gasteiger partial charge in [0.05, 0.1) is 41.0 Å². The smallest absolute Gasteiger partial charge is 0.300 e. The van der Waals surface area contributed by atoms with Crippen molar-refractivity contribution in [3.63, 3.8) is 0 Å². The third-order valence-electron chi connectivity index (χ3n) is 6.94. The zero-order valence-electron chi connectivity index (χ0n) is 23.9. The van der Waals surface area contributed by atoms with E-state index in [-0.39, 0.29) is 43.2 Å². The maximum Gasteiger partial charge on any atom is 0.300 e. The first kappa shape index (κ1) is 30.3. The Morgan fingerprint density at radius 1 is 1.09 bits per heavy atom.